The zero-order chi connectivity index (χ0) is 22.2. The summed E-state index contributed by atoms with van der Waals surface area (Å²) in [4.78, 5) is 25.1. The maximum atomic E-state index is 12.5. The molecule has 0 radical (unpaired) electrons. The Morgan fingerprint density at radius 2 is 1.73 bits per heavy atom. The number of amides is 1. The molecule has 30 heavy (non-hydrogen) atoms. The second kappa shape index (κ2) is 8.10. The van der Waals surface area contributed by atoms with Crippen LogP contribution < -0.4 is 9.62 Å². The van der Waals surface area contributed by atoms with Crippen LogP contribution in [0.15, 0.2) is 30.3 Å². The number of aryl methyl sites for hydroxylation is 3. The number of ether oxygens (including phenoxy) is 1. The summed E-state index contributed by atoms with van der Waals surface area (Å²) in [6.45, 7) is 7.68. The largest absolute Gasteiger partial charge is 0.449 e. The third kappa shape index (κ3) is 4.48. The minimum Gasteiger partial charge on any atom is -0.449 e. The summed E-state index contributed by atoms with van der Waals surface area (Å²) >= 11 is 0. The first-order chi connectivity index (χ1) is 14.0. The SMILES string of the molecule is Cc1cc(C)c(NC(=O)C(C)OC(=O)c2ccc3c(c2)CCN3S(C)(=O)=O)c(C)c1. The van der Waals surface area contributed by atoms with Crippen LogP contribution in [0.1, 0.15) is 39.5 Å². The van der Waals surface area contributed by atoms with E-state index in [0.29, 0.717) is 24.3 Å². The van der Waals surface area contributed by atoms with E-state index in [-0.39, 0.29) is 5.56 Å². The number of sulfonamides is 1. The molecule has 0 bridgehead atoms. The number of nitrogens with one attached hydrogen (secondary N) is 1. The molecule has 0 aliphatic carbocycles. The first kappa shape index (κ1) is 21.8. The van der Waals surface area contributed by atoms with E-state index in [0.717, 1.165) is 28.5 Å². The molecule has 2 aromatic rings. The summed E-state index contributed by atoms with van der Waals surface area (Å²) in [5.41, 5.74) is 5.32. The molecule has 0 fully saturated rings. The van der Waals surface area contributed by atoms with E-state index < -0.39 is 28.0 Å². The summed E-state index contributed by atoms with van der Waals surface area (Å²) in [5, 5.41) is 2.84. The molecule has 0 saturated heterocycles. The molecule has 1 unspecified atom stereocenters. The lowest BCUT2D eigenvalue weighted by Gasteiger charge is -2.18. The van der Waals surface area contributed by atoms with Crippen molar-refractivity contribution in [3.8, 4) is 0 Å². The fraction of sp³-hybridized carbons (Fsp3) is 0.364. The molecule has 160 valence electrons. The van der Waals surface area contributed by atoms with Gasteiger partial charge in [-0.3, -0.25) is 9.10 Å². The smallest absolute Gasteiger partial charge is 0.338 e. The molecule has 1 aliphatic heterocycles. The van der Waals surface area contributed by atoms with E-state index in [4.69, 9.17) is 4.74 Å². The summed E-state index contributed by atoms with van der Waals surface area (Å²) in [7, 11) is -3.35. The second-order valence-electron chi connectivity index (χ2n) is 7.74. The molecule has 7 nitrogen and oxygen atoms in total. The van der Waals surface area contributed by atoms with Gasteiger partial charge < -0.3 is 10.1 Å². The molecule has 0 saturated carbocycles. The van der Waals surface area contributed by atoms with Gasteiger partial charge in [-0.25, -0.2) is 13.2 Å². The number of esters is 1. The quantitative estimate of drug-likeness (QED) is 0.736. The fourth-order valence-electron chi connectivity index (χ4n) is 3.73. The average Bonchev–Trinajstić information content (AvgIpc) is 3.07. The molecule has 1 atom stereocenters. The molecule has 0 aromatic heterocycles. The van der Waals surface area contributed by atoms with E-state index in [9.17, 15) is 18.0 Å². The molecular weight excluding hydrogens is 404 g/mol. The van der Waals surface area contributed by atoms with Crippen molar-refractivity contribution in [3.05, 3.63) is 58.1 Å². The van der Waals surface area contributed by atoms with E-state index in [2.05, 4.69) is 5.32 Å². The van der Waals surface area contributed by atoms with Gasteiger partial charge in [0.05, 0.1) is 17.5 Å². The monoisotopic (exact) mass is 430 g/mol. The van der Waals surface area contributed by atoms with E-state index in [1.165, 1.54) is 17.3 Å². The van der Waals surface area contributed by atoms with Gasteiger partial charge in [0.15, 0.2) is 6.10 Å². The number of fused-ring (bicyclic) bond motifs is 1. The fourth-order valence-corrected chi connectivity index (χ4v) is 4.69. The minimum absolute atomic E-state index is 0.284. The zero-order valence-electron chi connectivity index (χ0n) is 17.8. The molecule has 2 aromatic carbocycles. The summed E-state index contributed by atoms with van der Waals surface area (Å²) in [6.07, 6.45) is 0.687. The van der Waals surface area contributed by atoms with Crippen molar-refractivity contribution >= 4 is 33.3 Å². The average molecular weight is 431 g/mol. The summed E-state index contributed by atoms with van der Waals surface area (Å²) in [5.74, 6) is -1.04. The van der Waals surface area contributed by atoms with Gasteiger partial charge in [-0.1, -0.05) is 17.7 Å². The minimum atomic E-state index is -3.35. The highest BCUT2D eigenvalue weighted by molar-refractivity contribution is 7.92. The second-order valence-corrected chi connectivity index (χ2v) is 9.65. The first-order valence-electron chi connectivity index (χ1n) is 9.67. The van der Waals surface area contributed by atoms with Crippen LogP contribution in [0, 0.1) is 20.8 Å². The van der Waals surface area contributed by atoms with Crippen LogP contribution in [0.5, 0.6) is 0 Å². The molecule has 1 amide bonds. The Balaban J connectivity index is 1.70. The van der Waals surface area contributed by atoms with E-state index >= 15 is 0 Å². The zero-order valence-corrected chi connectivity index (χ0v) is 18.6. The highest BCUT2D eigenvalue weighted by atomic mass is 32.2. The van der Waals surface area contributed by atoms with Crippen LogP contribution in [0.2, 0.25) is 0 Å². The Morgan fingerprint density at radius 1 is 1.10 bits per heavy atom. The number of rotatable bonds is 5. The number of hydrogen-bond acceptors (Lipinski definition) is 5. The number of benzene rings is 2. The predicted octanol–water partition coefficient (Wildman–Crippen LogP) is 3.12. The van der Waals surface area contributed by atoms with Crippen LogP contribution in [-0.2, 0) is 26.0 Å². The van der Waals surface area contributed by atoms with Crippen LogP contribution in [0.3, 0.4) is 0 Å². The highest BCUT2D eigenvalue weighted by Crippen LogP contribution is 2.31. The van der Waals surface area contributed by atoms with E-state index in [1.54, 1.807) is 12.1 Å². The topological polar surface area (TPSA) is 92.8 Å². The van der Waals surface area contributed by atoms with Gasteiger partial charge in [-0.05, 0) is 69.0 Å². The summed E-state index contributed by atoms with van der Waals surface area (Å²) < 4.78 is 30.3. The molecular formula is C22H26N2O5S. The van der Waals surface area contributed by atoms with Crippen molar-refractivity contribution in [3.63, 3.8) is 0 Å². The first-order valence-corrected chi connectivity index (χ1v) is 11.5. The lowest BCUT2D eigenvalue weighted by Crippen LogP contribution is -2.30. The standard InChI is InChI=1S/C22H26N2O5S/c1-13-10-14(2)20(15(3)11-13)23-21(25)16(4)29-22(26)18-6-7-19-17(12-18)8-9-24(19)30(5,27)28/h6-7,10-12,16H,8-9H2,1-5H3,(H,23,25). The number of carbonyl (C=O) groups excluding carboxylic acids is 2. The molecule has 0 spiro atoms. The number of nitrogens with zero attached hydrogens (tertiary/aromatic N) is 1. The predicted molar refractivity (Wildman–Crippen MR) is 116 cm³/mol. The van der Waals surface area contributed by atoms with Crippen molar-refractivity contribution in [2.45, 2.75) is 40.2 Å². The maximum absolute atomic E-state index is 12.5. The van der Waals surface area contributed by atoms with Gasteiger partial charge in [0.25, 0.3) is 5.91 Å². The van der Waals surface area contributed by atoms with Gasteiger partial charge in [0.1, 0.15) is 0 Å². The lowest BCUT2D eigenvalue weighted by atomic mass is 10.0. The number of anilines is 2. The van der Waals surface area contributed by atoms with Gasteiger partial charge in [0.2, 0.25) is 10.0 Å². The Labute approximate surface area is 177 Å². The molecule has 1 aliphatic rings. The maximum Gasteiger partial charge on any atom is 0.338 e. The van der Waals surface area contributed by atoms with Crippen molar-refractivity contribution in [1.29, 1.82) is 0 Å². The van der Waals surface area contributed by atoms with Crippen LogP contribution in [0.25, 0.3) is 0 Å². The van der Waals surface area contributed by atoms with Gasteiger partial charge in [-0.2, -0.15) is 0 Å². The number of hydrogen-bond donors (Lipinski definition) is 1. The van der Waals surface area contributed by atoms with Crippen molar-refractivity contribution in [1.82, 2.24) is 0 Å². The Bertz CT molecular complexity index is 1100. The third-order valence-corrected chi connectivity index (χ3v) is 6.33. The molecule has 1 N–H and O–H groups in total. The Kier molecular flexibility index (Phi) is 5.90. The molecule has 8 heteroatoms. The van der Waals surface area contributed by atoms with Gasteiger partial charge in [0, 0.05) is 12.2 Å². The van der Waals surface area contributed by atoms with Crippen molar-refractivity contribution < 1.29 is 22.7 Å². The normalized spacial score (nSPS) is 14.2. The third-order valence-electron chi connectivity index (χ3n) is 5.15. The lowest BCUT2D eigenvalue weighted by molar-refractivity contribution is -0.123. The van der Waals surface area contributed by atoms with Gasteiger partial charge >= 0.3 is 5.97 Å². The number of carbonyl (C=O) groups is 2. The summed E-state index contributed by atoms with van der Waals surface area (Å²) in [6, 6.07) is 8.70. The van der Waals surface area contributed by atoms with E-state index in [1.807, 2.05) is 32.9 Å². The van der Waals surface area contributed by atoms with Crippen LogP contribution in [0.4, 0.5) is 11.4 Å². The molecule has 1 heterocycles. The van der Waals surface area contributed by atoms with Crippen LogP contribution >= 0.6 is 0 Å². The molecule has 3 rings (SSSR count). The Hall–Kier alpha value is -2.87. The highest BCUT2D eigenvalue weighted by Gasteiger charge is 2.27. The van der Waals surface area contributed by atoms with Crippen LogP contribution in [-0.4, -0.2) is 39.2 Å². The van der Waals surface area contributed by atoms with Crippen molar-refractivity contribution in [2.75, 3.05) is 22.4 Å². The Morgan fingerprint density at radius 3 is 2.33 bits per heavy atom. The van der Waals surface area contributed by atoms with Crippen molar-refractivity contribution in [2.24, 2.45) is 0 Å². The van der Waals surface area contributed by atoms with Gasteiger partial charge in [-0.15, -0.1) is 0 Å².